The molecule has 2 aliphatic heterocycles. The monoisotopic (exact) mass is 715 g/mol. The molecule has 2 aromatic carbocycles. The first-order valence-electron chi connectivity index (χ1n) is 16.2. The van der Waals surface area contributed by atoms with Gasteiger partial charge < -0.3 is 15.2 Å². The lowest BCUT2D eigenvalue weighted by atomic mass is 9.97. The van der Waals surface area contributed by atoms with Gasteiger partial charge in [0, 0.05) is 72.7 Å². The van der Waals surface area contributed by atoms with Crippen molar-refractivity contribution in [3.63, 3.8) is 0 Å². The predicted molar refractivity (Wildman–Crippen MR) is 190 cm³/mol. The number of amides is 1. The molecule has 0 unspecified atom stereocenters. The van der Waals surface area contributed by atoms with Gasteiger partial charge in [-0.1, -0.05) is 65.7 Å². The van der Waals surface area contributed by atoms with E-state index in [0.717, 1.165) is 12.0 Å². The van der Waals surface area contributed by atoms with Crippen LogP contribution in [0.5, 0.6) is 5.88 Å². The van der Waals surface area contributed by atoms with Crippen LogP contribution >= 0.6 is 23.2 Å². The number of hydrogen-bond donors (Lipinski definition) is 2. The summed E-state index contributed by atoms with van der Waals surface area (Å²) in [4.78, 5) is 45.1. The van der Waals surface area contributed by atoms with Gasteiger partial charge in [0.1, 0.15) is 11.3 Å². The number of likely N-dealkylation sites (tertiary alicyclic amines) is 1. The molecule has 5 heterocycles. The number of carbonyl (C=O) groups excluding carboxylic acids is 1. The van der Waals surface area contributed by atoms with E-state index in [9.17, 15) is 19.5 Å². The number of nitrogens with zero attached hydrogens (tertiary/aromatic N) is 6. The summed E-state index contributed by atoms with van der Waals surface area (Å²) < 4.78 is 8.73. The molecule has 1 amide bonds. The Bertz CT molecular complexity index is 2210. The maximum Gasteiger partial charge on any atom is 0.309 e. The van der Waals surface area contributed by atoms with E-state index >= 15 is 0 Å². The molecule has 12 nitrogen and oxygen atoms in total. The van der Waals surface area contributed by atoms with E-state index in [-0.39, 0.29) is 17.6 Å². The van der Waals surface area contributed by atoms with Gasteiger partial charge >= 0.3 is 5.97 Å². The van der Waals surface area contributed by atoms with Gasteiger partial charge in [-0.2, -0.15) is 5.10 Å². The number of aromatic nitrogens is 4. The Morgan fingerprint density at radius 1 is 1.04 bits per heavy atom. The van der Waals surface area contributed by atoms with Crippen molar-refractivity contribution in [3.05, 3.63) is 92.6 Å². The van der Waals surface area contributed by atoms with Gasteiger partial charge in [0.15, 0.2) is 0 Å². The smallest absolute Gasteiger partial charge is 0.309 e. The molecule has 0 spiro atoms. The second-order valence-corrected chi connectivity index (χ2v) is 13.6. The van der Waals surface area contributed by atoms with Crippen molar-refractivity contribution in [3.8, 4) is 39.4 Å². The third kappa shape index (κ3) is 6.24. The third-order valence-electron chi connectivity index (χ3n) is 9.54. The number of fused-ring (bicyclic) bond motifs is 1. The number of methoxy groups -OCH3 is 1. The molecule has 0 bridgehead atoms. The van der Waals surface area contributed by atoms with Crippen LogP contribution in [0.15, 0.2) is 65.6 Å². The summed E-state index contributed by atoms with van der Waals surface area (Å²) in [6, 6.07) is 17.0. The molecule has 0 aliphatic carbocycles. The minimum Gasteiger partial charge on any atom is -0.481 e. The van der Waals surface area contributed by atoms with Crippen LogP contribution in [0.25, 0.3) is 39.0 Å². The van der Waals surface area contributed by atoms with Crippen LogP contribution in [0, 0.1) is 5.92 Å². The SMILES string of the molecule is COc1nc(-c2cccc(-c3cccc(-c4cc5c(=O)n(C)c(CN6CC(C(=O)O)C6)nn5c4)c3Cl)c2Cl)ccc1CN(C)[C@H]1CCC(=O)N1. The molecule has 258 valence electrons. The van der Waals surface area contributed by atoms with Crippen molar-refractivity contribution in [2.45, 2.75) is 32.1 Å². The number of aliphatic carboxylic acids is 1. The van der Waals surface area contributed by atoms with Crippen LogP contribution in [0.3, 0.4) is 0 Å². The largest absolute Gasteiger partial charge is 0.481 e. The Kier molecular flexibility index (Phi) is 9.12. The fourth-order valence-corrected chi connectivity index (χ4v) is 7.30. The highest BCUT2D eigenvalue weighted by molar-refractivity contribution is 6.39. The first-order chi connectivity index (χ1) is 24.0. The Balaban J connectivity index is 1.18. The van der Waals surface area contributed by atoms with Crippen LogP contribution in [0.2, 0.25) is 10.0 Å². The summed E-state index contributed by atoms with van der Waals surface area (Å²) in [6.07, 6.45) is 3.01. The van der Waals surface area contributed by atoms with Crippen LogP contribution in [-0.4, -0.2) is 79.4 Å². The molecule has 2 aliphatic rings. The Hall–Kier alpha value is -4.75. The summed E-state index contributed by atoms with van der Waals surface area (Å²) in [5.74, 6) is -0.159. The average molecular weight is 717 g/mol. The number of pyridine rings is 1. The molecular formula is C36H35Cl2N7O5. The molecule has 2 saturated heterocycles. The number of halogens is 2. The molecule has 0 saturated carbocycles. The number of carboxylic acid groups (broad SMARTS) is 1. The van der Waals surface area contributed by atoms with Crippen molar-refractivity contribution in [2.75, 3.05) is 27.2 Å². The number of carbonyl (C=O) groups is 2. The summed E-state index contributed by atoms with van der Waals surface area (Å²) in [5, 5.41) is 17.8. The first-order valence-corrected chi connectivity index (χ1v) is 16.9. The number of rotatable bonds is 10. The molecular weight excluding hydrogens is 681 g/mol. The zero-order valence-electron chi connectivity index (χ0n) is 27.7. The van der Waals surface area contributed by atoms with E-state index in [1.807, 2.05) is 60.5 Å². The summed E-state index contributed by atoms with van der Waals surface area (Å²) in [6.45, 7) is 1.74. The molecule has 2 N–H and O–H groups in total. The maximum absolute atomic E-state index is 13.3. The topological polar surface area (TPSA) is 134 Å². The van der Waals surface area contributed by atoms with Gasteiger partial charge in [-0.15, -0.1) is 0 Å². The number of carboxylic acids is 1. The van der Waals surface area contributed by atoms with Crippen LogP contribution in [0.4, 0.5) is 0 Å². The number of ether oxygens (including phenoxy) is 1. The van der Waals surface area contributed by atoms with E-state index < -0.39 is 11.9 Å². The molecule has 1 atom stereocenters. The standard InChI is InChI=1S/C36H35Cl2N7O5/c1-42(29-12-13-31(46)40-29)15-20-10-11-27(39-34(20)50-3)26-9-5-8-25(33(26)38)24-7-4-6-23(32(24)37)21-14-28-35(47)43(2)30(41-45(28)18-21)19-44-16-22(17-44)36(48)49/h4-11,14,18,22,29H,12-13,15-17,19H2,1-3H3,(H,40,46)(H,48,49)/t29-/m0/s1. The van der Waals surface area contributed by atoms with Gasteiger partial charge in [-0.3, -0.25) is 28.8 Å². The third-order valence-corrected chi connectivity index (χ3v) is 10.4. The van der Waals surface area contributed by atoms with E-state index in [2.05, 4.69) is 10.2 Å². The normalized spacial score (nSPS) is 16.6. The van der Waals surface area contributed by atoms with Crippen LogP contribution in [-0.2, 0) is 29.7 Å². The van der Waals surface area contributed by atoms with Crippen molar-refractivity contribution in [2.24, 2.45) is 13.0 Å². The Morgan fingerprint density at radius 3 is 2.38 bits per heavy atom. The highest BCUT2D eigenvalue weighted by Crippen LogP contribution is 2.42. The number of benzene rings is 2. The van der Waals surface area contributed by atoms with Gasteiger partial charge in [0.25, 0.3) is 5.56 Å². The highest BCUT2D eigenvalue weighted by atomic mass is 35.5. The van der Waals surface area contributed by atoms with Crippen LogP contribution < -0.4 is 15.6 Å². The van der Waals surface area contributed by atoms with Gasteiger partial charge in [0.05, 0.1) is 41.5 Å². The maximum atomic E-state index is 13.3. The second-order valence-electron chi connectivity index (χ2n) is 12.8. The van der Waals surface area contributed by atoms with E-state index in [1.54, 1.807) is 30.9 Å². The molecule has 0 radical (unpaired) electrons. The predicted octanol–water partition coefficient (Wildman–Crippen LogP) is 4.93. The summed E-state index contributed by atoms with van der Waals surface area (Å²) in [5.41, 5.74) is 5.24. The summed E-state index contributed by atoms with van der Waals surface area (Å²) >= 11 is 14.2. The van der Waals surface area contributed by atoms with E-state index in [4.69, 9.17) is 38.0 Å². The molecule has 50 heavy (non-hydrogen) atoms. The molecule has 14 heteroatoms. The van der Waals surface area contributed by atoms with Gasteiger partial charge in [-0.05, 0) is 25.6 Å². The summed E-state index contributed by atoms with van der Waals surface area (Å²) in [7, 11) is 5.21. The zero-order valence-corrected chi connectivity index (χ0v) is 29.2. The number of nitrogens with one attached hydrogen (secondary N) is 1. The lowest BCUT2D eigenvalue weighted by molar-refractivity contribution is -0.147. The van der Waals surface area contributed by atoms with Gasteiger partial charge in [-0.25, -0.2) is 9.50 Å². The minimum absolute atomic E-state index is 0.0338. The highest BCUT2D eigenvalue weighted by Gasteiger charge is 2.33. The van der Waals surface area contributed by atoms with Crippen molar-refractivity contribution < 1.29 is 19.4 Å². The van der Waals surface area contributed by atoms with Crippen molar-refractivity contribution >= 4 is 40.6 Å². The van der Waals surface area contributed by atoms with Gasteiger partial charge in [0.2, 0.25) is 11.8 Å². The van der Waals surface area contributed by atoms with Crippen molar-refractivity contribution in [1.82, 2.24) is 34.3 Å². The molecule has 2 fully saturated rings. The molecule has 5 aromatic rings. The fourth-order valence-electron chi connectivity index (χ4n) is 6.64. The lowest BCUT2D eigenvalue weighted by Crippen LogP contribution is -2.50. The Labute approximate surface area is 297 Å². The molecule has 7 rings (SSSR count). The Morgan fingerprint density at radius 2 is 1.72 bits per heavy atom. The van der Waals surface area contributed by atoms with Crippen LogP contribution in [0.1, 0.15) is 24.2 Å². The lowest BCUT2D eigenvalue weighted by Gasteiger charge is -2.36. The minimum atomic E-state index is -0.816. The zero-order chi connectivity index (χ0) is 35.3. The average Bonchev–Trinajstić information content (AvgIpc) is 3.71. The van der Waals surface area contributed by atoms with Crippen molar-refractivity contribution in [1.29, 1.82) is 0 Å². The second kappa shape index (κ2) is 13.5. The fraction of sp³-hybridized carbons (Fsp3) is 0.306. The number of hydrogen-bond acceptors (Lipinski definition) is 8. The van der Waals surface area contributed by atoms with E-state index in [0.29, 0.717) is 93.4 Å². The quantitative estimate of drug-likeness (QED) is 0.207. The first kappa shape index (κ1) is 33.7. The van der Waals surface area contributed by atoms with E-state index in [1.165, 1.54) is 4.57 Å². The molecule has 3 aromatic heterocycles.